The third-order valence-corrected chi connectivity index (χ3v) is 9.53. The molecular formula is C33H41ClN6O3. The van der Waals surface area contributed by atoms with E-state index in [1.807, 2.05) is 39.0 Å². The fraction of sp³-hybridized carbons (Fsp3) is 0.485. The van der Waals surface area contributed by atoms with Crippen LogP contribution in [0, 0.1) is 18.3 Å². The Labute approximate surface area is 259 Å². The Hall–Kier alpha value is -3.74. The van der Waals surface area contributed by atoms with E-state index in [9.17, 15) is 14.4 Å². The first-order valence-corrected chi connectivity index (χ1v) is 15.5. The van der Waals surface area contributed by atoms with Crippen LogP contribution in [0.4, 0.5) is 16.2 Å². The van der Waals surface area contributed by atoms with Crippen LogP contribution in [0.2, 0.25) is 5.02 Å². The predicted molar refractivity (Wildman–Crippen MR) is 170 cm³/mol. The van der Waals surface area contributed by atoms with Gasteiger partial charge in [-0.3, -0.25) is 9.59 Å². The van der Waals surface area contributed by atoms with Gasteiger partial charge in [-0.25, -0.2) is 4.79 Å². The van der Waals surface area contributed by atoms with Gasteiger partial charge in [-0.15, -0.1) is 6.42 Å². The number of benzene rings is 2. The second kappa shape index (κ2) is 13.3. The molecule has 228 valence electrons. The number of hydrogen-bond donors (Lipinski definition) is 2. The minimum atomic E-state index is -0.546. The molecule has 2 fully saturated rings. The number of terminal acetylenes is 1. The SMILES string of the molecule is C#Cc1cc(C[C@@H](CC(=O)N2CCC(N3Cc4ccccc4NC3=O)CC2)C(=O)N2CCC(N(C)C)CC2)cc(Cl)c1N. The molecule has 0 aromatic heterocycles. The van der Waals surface area contributed by atoms with E-state index in [1.54, 1.807) is 12.1 Å². The summed E-state index contributed by atoms with van der Waals surface area (Å²) in [6.45, 7) is 2.97. The first-order chi connectivity index (χ1) is 20.6. The zero-order valence-electron chi connectivity index (χ0n) is 25.0. The highest BCUT2D eigenvalue weighted by Gasteiger charge is 2.35. The zero-order chi connectivity index (χ0) is 30.7. The largest absolute Gasteiger partial charge is 0.397 e. The fourth-order valence-corrected chi connectivity index (χ4v) is 6.83. The zero-order valence-corrected chi connectivity index (χ0v) is 25.8. The molecule has 3 heterocycles. The van der Waals surface area contributed by atoms with Crippen molar-refractivity contribution in [2.45, 2.75) is 57.2 Å². The number of nitrogens with zero attached hydrogens (tertiary/aromatic N) is 4. The first kappa shape index (κ1) is 30.7. The molecule has 3 aliphatic heterocycles. The Morgan fingerprint density at radius 2 is 1.77 bits per heavy atom. The second-order valence-electron chi connectivity index (χ2n) is 12.1. The smallest absolute Gasteiger partial charge is 0.322 e. The number of hydrogen-bond acceptors (Lipinski definition) is 5. The lowest BCUT2D eigenvalue weighted by Gasteiger charge is -2.41. The lowest BCUT2D eigenvalue weighted by molar-refractivity contribution is -0.143. The summed E-state index contributed by atoms with van der Waals surface area (Å²) in [6.07, 6.45) is 9.28. The van der Waals surface area contributed by atoms with Crippen LogP contribution in [-0.4, -0.2) is 89.8 Å². The van der Waals surface area contributed by atoms with Crippen LogP contribution in [0.5, 0.6) is 0 Å². The minimum Gasteiger partial charge on any atom is -0.397 e. The van der Waals surface area contributed by atoms with Gasteiger partial charge in [0.1, 0.15) is 0 Å². The molecule has 2 aromatic carbocycles. The summed E-state index contributed by atoms with van der Waals surface area (Å²) in [5.41, 5.74) is 9.60. The van der Waals surface area contributed by atoms with E-state index in [0.29, 0.717) is 74.3 Å². The average Bonchev–Trinajstić information content (AvgIpc) is 3.01. The van der Waals surface area contributed by atoms with E-state index in [4.69, 9.17) is 23.8 Å². The van der Waals surface area contributed by atoms with Gasteiger partial charge in [-0.1, -0.05) is 35.7 Å². The average molecular weight is 605 g/mol. The number of amides is 4. The number of piperidine rings is 2. The van der Waals surface area contributed by atoms with Crippen molar-refractivity contribution < 1.29 is 14.4 Å². The number of nitrogens with one attached hydrogen (secondary N) is 1. The van der Waals surface area contributed by atoms with Crippen LogP contribution < -0.4 is 11.1 Å². The van der Waals surface area contributed by atoms with Crippen molar-refractivity contribution >= 4 is 40.8 Å². The lowest BCUT2D eigenvalue weighted by Crippen LogP contribution is -2.51. The number of likely N-dealkylation sites (tertiary alicyclic amines) is 2. The number of nitrogen functional groups attached to an aromatic ring is 1. The Kier molecular flexibility index (Phi) is 9.48. The van der Waals surface area contributed by atoms with Crippen molar-refractivity contribution in [3.63, 3.8) is 0 Å². The van der Waals surface area contributed by atoms with Gasteiger partial charge >= 0.3 is 6.03 Å². The number of rotatable bonds is 7. The Morgan fingerprint density at radius 1 is 1.09 bits per heavy atom. The fourth-order valence-electron chi connectivity index (χ4n) is 6.59. The maximum atomic E-state index is 13.9. The highest BCUT2D eigenvalue weighted by atomic mass is 35.5. The van der Waals surface area contributed by atoms with Gasteiger partial charge in [0.15, 0.2) is 0 Å². The maximum absolute atomic E-state index is 13.9. The summed E-state index contributed by atoms with van der Waals surface area (Å²) >= 11 is 6.37. The number of fused-ring (bicyclic) bond motifs is 1. The summed E-state index contributed by atoms with van der Waals surface area (Å²) in [5.74, 6) is 1.96. The highest BCUT2D eigenvalue weighted by Crippen LogP contribution is 2.30. The van der Waals surface area contributed by atoms with Gasteiger partial charge < -0.3 is 30.7 Å². The molecule has 1 atom stereocenters. The number of carbonyl (C=O) groups excluding carboxylic acids is 3. The van der Waals surface area contributed by atoms with Crippen LogP contribution in [0.15, 0.2) is 36.4 Å². The molecule has 9 nitrogen and oxygen atoms in total. The van der Waals surface area contributed by atoms with Gasteiger partial charge in [0.05, 0.1) is 16.6 Å². The van der Waals surface area contributed by atoms with Crippen molar-refractivity contribution in [3.8, 4) is 12.3 Å². The molecule has 3 N–H and O–H groups in total. The summed E-state index contributed by atoms with van der Waals surface area (Å²) in [4.78, 5) is 48.2. The molecule has 0 unspecified atom stereocenters. The van der Waals surface area contributed by atoms with E-state index >= 15 is 0 Å². The van der Waals surface area contributed by atoms with Crippen LogP contribution in [0.25, 0.3) is 0 Å². The third kappa shape index (κ3) is 6.92. The van der Waals surface area contributed by atoms with Crippen molar-refractivity contribution in [2.24, 2.45) is 5.92 Å². The van der Waals surface area contributed by atoms with E-state index in [1.165, 1.54) is 0 Å². The summed E-state index contributed by atoms with van der Waals surface area (Å²) in [7, 11) is 4.13. The highest BCUT2D eigenvalue weighted by molar-refractivity contribution is 6.33. The molecule has 5 rings (SSSR count). The van der Waals surface area contributed by atoms with Crippen molar-refractivity contribution in [3.05, 3.63) is 58.1 Å². The molecular weight excluding hydrogens is 564 g/mol. The van der Waals surface area contributed by atoms with Gasteiger partial charge in [0.2, 0.25) is 11.8 Å². The van der Waals surface area contributed by atoms with Crippen LogP contribution >= 0.6 is 11.6 Å². The Bertz CT molecular complexity index is 1410. The number of carbonyl (C=O) groups is 3. The maximum Gasteiger partial charge on any atom is 0.322 e. The van der Waals surface area contributed by atoms with Gasteiger partial charge in [-0.2, -0.15) is 0 Å². The molecule has 0 aliphatic carbocycles. The quantitative estimate of drug-likeness (QED) is 0.367. The van der Waals surface area contributed by atoms with Gasteiger partial charge in [-0.05, 0) is 75.5 Å². The summed E-state index contributed by atoms with van der Waals surface area (Å²) in [6, 6.07) is 11.8. The lowest BCUT2D eigenvalue weighted by atomic mass is 9.91. The molecule has 0 spiro atoms. The number of nitrogens with two attached hydrogens (primary N) is 1. The van der Waals surface area contributed by atoms with E-state index in [2.05, 4.69) is 30.2 Å². The van der Waals surface area contributed by atoms with Gasteiger partial charge in [0, 0.05) is 62.5 Å². The second-order valence-corrected chi connectivity index (χ2v) is 12.5. The monoisotopic (exact) mass is 604 g/mol. The van der Waals surface area contributed by atoms with Gasteiger partial charge in [0.25, 0.3) is 0 Å². The molecule has 0 radical (unpaired) electrons. The predicted octanol–water partition coefficient (Wildman–Crippen LogP) is 4.04. The number of halogens is 1. The van der Waals surface area contributed by atoms with Crippen molar-refractivity contribution in [1.82, 2.24) is 19.6 Å². The molecule has 0 bridgehead atoms. The van der Waals surface area contributed by atoms with Crippen LogP contribution in [0.3, 0.4) is 0 Å². The van der Waals surface area contributed by atoms with E-state index < -0.39 is 5.92 Å². The molecule has 2 saturated heterocycles. The molecule has 4 amide bonds. The minimum absolute atomic E-state index is 0.0145. The van der Waals surface area contributed by atoms with Crippen LogP contribution in [0.1, 0.15) is 48.8 Å². The number of anilines is 2. The normalized spacial score (nSPS) is 18.7. The molecule has 2 aromatic rings. The standard InChI is InChI=1S/C33H41ClN6O3/c1-4-23-17-22(19-28(34)31(23)35)18-25(32(42)39-15-9-26(10-16-39)37(2)3)20-30(41)38-13-11-27(12-14-38)40-21-24-7-5-6-8-29(24)36-33(40)43/h1,5-8,17,19,25-27H,9-16,18,20-21,35H2,2-3H3,(H,36,43)/t25-/m0/s1. The molecule has 3 aliphatic rings. The van der Waals surface area contributed by atoms with Crippen LogP contribution in [-0.2, 0) is 22.6 Å². The summed E-state index contributed by atoms with van der Waals surface area (Å²) in [5, 5.41) is 3.34. The van der Waals surface area contributed by atoms with E-state index in [-0.39, 0.29) is 30.3 Å². The molecule has 0 saturated carbocycles. The van der Waals surface area contributed by atoms with Crippen molar-refractivity contribution in [1.29, 1.82) is 0 Å². The topological polar surface area (TPSA) is 102 Å². The van der Waals surface area contributed by atoms with E-state index in [0.717, 1.165) is 29.7 Å². The Balaban J connectivity index is 1.25. The third-order valence-electron chi connectivity index (χ3n) is 9.22. The summed E-state index contributed by atoms with van der Waals surface area (Å²) < 4.78 is 0. The Morgan fingerprint density at radius 3 is 2.44 bits per heavy atom. The van der Waals surface area contributed by atoms with Crippen molar-refractivity contribution in [2.75, 3.05) is 51.3 Å². The first-order valence-electron chi connectivity index (χ1n) is 15.1. The number of para-hydroxylation sites is 1. The molecule has 10 heteroatoms. The number of urea groups is 1. The molecule has 43 heavy (non-hydrogen) atoms.